The van der Waals surface area contributed by atoms with Gasteiger partial charge in [0.1, 0.15) is 5.82 Å². The standard InChI is InChI=1S/C28H28F4N6O3S/c29-22-15-20(6-7-23(22)35-26(41)34-16-18-4-5-18)24(39)37-11-9-36(10-12-37)17-19-2-1-3-21(14-19)38(25(40)28(30,31)32)27-33-8-13-42-27/h1-3,6-8,13-15,18H,4-5,9-12,16-17H2,(H2,34,35,41). The molecule has 1 saturated carbocycles. The molecule has 1 saturated heterocycles. The normalized spacial score (nSPS) is 15.8. The van der Waals surface area contributed by atoms with Crippen molar-refractivity contribution in [3.8, 4) is 0 Å². The van der Waals surface area contributed by atoms with Crippen LogP contribution in [0.4, 0.5) is 38.9 Å². The summed E-state index contributed by atoms with van der Waals surface area (Å²) < 4.78 is 54.6. The maximum absolute atomic E-state index is 14.6. The van der Waals surface area contributed by atoms with Crippen LogP contribution in [0, 0.1) is 11.7 Å². The maximum atomic E-state index is 14.6. The SMILES string of the molecule is O=C(NCC1CC1)Nc1ccc(C(=O)N2CCN(Cc3cccc(N(C(=O)C(F)(F)F)c4nccs4)c3)CC2)cc1F. The largest absolute Gasteiger partial charge is 0.472 e. The lowest BCUT2D eigenvalue weighted by molar-refractivity contribution is -0.169. The molecule has 1 aliphatic heterocycles. The highest BCUT2D eigenvalue weighted by atomic mass is 32.1. The summed E-state index contributed by atoms with van der Waals surface area (Å²) in [6.45, 7) is 2.63. The number of hydrogen-bond acceptors (Lipinski definition) is 6. The van der Waals surface area contributed by atoms with Crippen molar-refractivity contribution in [1.29, 1.82) is 0 Å². The summed E-state index contributed by atoms with van der Waals surface area (Å²) in [5.41, 5.74) is 0.889. The van der Waals surface area contributed by atoms with Gasteiger partial charge in [0.25, 0.3) is 5.91 Å². The van der Waals surface area contributed by atoms with Crippen molar-refractivity contribution in [3.05, 3.63) is 71.0 Å². The monoisotopic (exact) mass is 604 g/mol. The van der Waals surface area contributed by atoms with Gasteiger partial charge in [-0.15, -0.1) is 11.3 Å². The van der Waals surface area contributed by atoms with Crippen LogP contribution in [0.3, 0.4) is 0 Å². The van der Waals surface area contributed by atoms with Crippen LogP contribution in [-0.4, -0.2) is 71.5 Å². The molecule has 5 rings (SSSR count). The lowest BCUT2D eigenvalue weighted by Gasteiger charge is -2.35. The fourth-order valence-electron chi connectivity index (χ4n) is 4.59. The van der Waals surface area contributed by atoms with E-state index in [4.69, 9.17) is 0 Å². The van der Waals surface area contributed by atoms with Gasteiger partial charge in [0.2, 0.25) is 0 Å². The quantitative estimate of drug-likeness (QED) is 0.353. The third kappa shape index (κ3) is 7.23. The molecule has 1 aromatic heterocycles. The average molecular weight is 605 g/mol. The fourth-order valence-corrected chi connectivity index (χ4v) is 5.25. The zero-order valence-corrected chi connectivity index (χ0v) is 23.2. The Hall–Kier alpha value is -4.04. The summed E-state index contributed by atoms with van der Waals surface area (Å²) in [6.07, 6.45) is -1.59. The number of hydrogen-bond donors (Lipinski definition) is 2. The molecular formula is C28H28F4N6O3S. The second-order valence-electron chi connectivity index (χ2n) is 10.2. The lowest BCUT2D eigenvalue weighted by Crippen LogP contribution is -2.48. The predicted molar refractivity (Wildman–Crippen MR) is 149 cm³/mol. The molecular weight excluding hydrogens is 576 g/mol. The minimum atomic E-state index is -5.07. The van der Waals surface area contributed by atoms with Crippen LogP contribution >= 0.6 is 11.3 Å². The topological polar surface area (TPSA) is 97.9 Å². The number of amides is 4. The van der Waals surface area contributed by atoms with Crippen molar-refractivity contribution in [2.24, 2.45) is 5.92 Å². The van der Waals surface area contributed by atoms with Gasteiger partial charge in [0, 0.05) is 56.4 Å². The number of nitrogens with zero attached hydrogens (tertiary/aromatic N) is 4. The van der Waals surface area contributed by atoms with Gasteiger partial charge >= 0.3 is 18.1 Å². The Kier molecular flexibility index (Phi) is 8.73. The van der Waals surface area contributed by atoms with E-state index >= 15 is 0 Å². The Labute approximate surface area is 243 Å². The molecule has 0 unspecified atom stereocenters. The molecule has 2 N–H and O–H groups in total. The summed E-state index contributed by atoms with van der Waals surface area (Å²) >= 11 is 0.923. The molecule has 2 fully saturated rings. The van der Waals surface area contributed by atoms with Crippen LogP contribution in [0.1, 0.15) is 28.8 Å². The van der Waals surface area contributed by atoms with E-state index in [0.29, 0.717) is 55.6 Å². The summed E-state index contributed by atoms with van der Waals surface area (Å²) in [5.74, 6) is -2.60. The van der Waals surface area contributed by atoms with E-state index in [9.17, 15) is 31.9 Å². The van der Waals surface area contributed by atoms with E-state index in [1.807, 2.05) is 4.90 Å². The smallest absolute Gasteiger partial charge is 0.338 e. The number of rotatable bonds is 8. The molecule has 0 spiro atoms. The van der Waals surface area contributed by atoms with Gasteiger partial charge in [0.15, 0.2) is 5.13 Å². The number of urea groups is 1. The molecule has 2 aromatic carbocycles. The number of carbonyl (C=O) groups excluding carboxylic acids is 3. The molecule has 42 heavy (non-hydrogen) atoms. The lowest BCUT2D eigenvalue weighted by atomic mass is 10.1. The first-order valence-electron chi connectivity index (χ1n) is 13.3. The number of anilines is 3. The third-order valence-electron chi connectivity index (χ3n) is 7.00. The third-order valence-corrected chi connectivity index (χ3v) is 7.76. The number of alkyl halides is 3. The fraction of sp³-hybridized carbons (Fsp3) is 0.357. The molecule has 2 heterocycles. The van der Waals surface area contributed by atoms with Gasteiger partial charge in [0.05, 0.1) is 11.4 Å². The summed E-state index contributed by atoms with van der Waals surface area (Å²) in [4.78, 5) is 45.3. The Balaban J connectivity index is 1.17. The second kappa shape index (κ2) is 12.4. The van der Waals surface area contributed by atoms with E-state index in [1.54, 1.807) is 17.0 Å². The van der Waals surface area contributed by atoms with E-state index in [1.165, 1.54) is 35.8 Å². The highest BCUT2D eigenvalue weighted by Crippen LogP contribution is 2.33. The van der Waals surface area contributed by atoms with E-state index in [0.717, 1.165) is 30.2 Å². The number of carbonyl (C=O) groups is 3. The highest BCUT2D eigenvalue weighted by molar-refractivity contribution is 7.13. The summed E-state index contributed by atoms with van der Waals surface area (Å²) in [5, 5.41) is 6.57. The number of aromatic nitrogens is 1. The minimum Gasteiger partial charge on any atom is -0.338 e. The molecule has 1 aliphatic carbocycles. The van der Waals surface area contributed by atoms with Crippen molar-refractivity contribution in [3.63, 3.8) is 0 Å². The van der Waals surface area contributed by atoms with Crippen LogP contribution in [0.15, 0.2) is 54.0 Å². The summed E-state index contributed by atoms with van der Waals surface area (Å²) in [7, 11) is 0. The van der Waals surface area contributed by atoms with Crippen molar-refractivity contribution in [2.45, 2.75) is 25.6 Å². The summed E-state index contributed by atoms with van der Waals surface area (Å²) in [6, 6.07) is 9.72. The Morgan fingerprint density at radius 1 is 1.05 bits per heavy atom. The average Bonchev–Trinajstić information content (AvgIpc) is 3.65. The number of thiazole rings is 1. The van der Waals surface area contributed by atoms with Gasteiger partial charge in [-0.1, -0.05) is 12.1 Å². The number of nitrogens with one attached hydrogen (secondary N) is 2. The van der Waals surface area contributed by atoms with Gasteiger partial charge in [-0.2, -0.15) is 13.2 Å². The Morgan fingerprint density at radius 3 is 2.45 bits per heavy atom. The van der Waals surface area contributed by atoms with Gasteiger partial charge < -0.3 is 15.5 Å². The van der Waals surface area contributed by atoms with Gasteiger partial charge in [-0.05, 0) is 54.7 Å². The molecule has 2 aliphatic rings. The molecule has 4 amide bonds. The van der Waals surface area contributed by atoms with Gasteiger partial charge in [-0.25, -0.2) is 19.1 Å². The Morgan fingerprint density at radius 2 is 1.81 bits per heavy atom. The molecule has 9 nitrogen and oxygen atoms in total. The van der Waals surface area contributed by atoms with E-state index < -0.39 is 23.9 Å². The van der Waals surface area contributed by atoms with Crippen molar-refractivity contribution in [2.75, 3.05) is 42.9 Å². The van der Waals surface area contributed by atoms with E-state index in [-0.39, 0.29) is 28.0 Å². The first-order chi connectivity index (χ1) is 20.1. The second-order valence-corrected chi connectivity index (χ2v) is 11.0. The van der Waals surface area contributed by atoms with Crippen molar-refractivity contribution >= 4 is 45.7 Å². The molecule has 0 radical (unpaired) electrons. The highest BCUT2D eigenvalue weighted by Gasteiger charge is 2.44. The zero-order chi connectivity index (χ0) is 29.9. The first kappa shape index (κ1) is 29.5. The van der Waals surface area contributed by atoms with Crippen LogP contribution in [-0.2, 0) is 11.3 Å². The maximum Gasteiger partial charge on any atom is 0.472 e. The molecule has 0 bridgehead atoms. The van der Waals surface area contributed by atoms with E-state index in [2.05, 4.69) is 15.6 Å². The molecule has 0 atom stereocenters. The molecule has 14 heteroatoms. The van der Waals surface area contributed by atoms with Crippen LogP contribution < -0.4 is 15.5 Å². The van der Waals surface area contributed by atoms with Gasteiger partial charge in [-0.3, -0.25) is 14.5 Å². The van der Waals surface area contributed by atoms with Crippen molar-refractivity contribution < 1.29 is 31.9 Å². The number of piperazine rings is 1. The Bertz CT molecular complexity index is 1440. The first-order valence-corrected chi connectivity index (χ1v) is 14.2. The van der Waals surface area contributed by atoms with Crippen LogP contribution in [0.5, 0.6) is 0 Å². The van der Waals surface area contributed by atoms with Crippen molar-refractivity contribution in [1.82, 2.24) is 20.1 Å². The van der Waals surface area contributed by atoms with Crippen LogP contribution in [0.2, 0.25) is 0 Å². The predicted octanol–water partition coefficient (Wildman–Crippen LogP) is 5.00. The molecule has 222 valence electrons. The molecule has 3 aromatic rings. The number of benzene rings is 2. The minimum absolute atomic E-state index is 0.0164. The zero-order valence-electron chi connectivity index (χ0n) is 22.4. The number of halogens is 4. The van der Waals surface area contributed by atoms with Crippen LogP contribution in [0.25, 0.3) is 0 Å².